The highest BCUT2D eigenvalue weighted by Gasteiger charge is 2.21. The zero-order valence-corrected chi connectivity index (χ0v) is 11.6. The third-order valence-corrected chi connectivity index (χ3v) is 2.91. The van der Waals surface area contributed by atoms with Gasteiger partial charge in [-0.05, 0) is 5.56 Å². The van der Waals surface area contributed by atoms with Gasteiger partial charge in [-0.15, -0.1) is 0 Å². The number of amides is 1. The maximum atomic E-state index is 12.0. The van der Waals surface area contributed by atoms with Gasteiger partial charge in [0.05, 0.1) is 12.4 Å². The van der Waals surface area contributed by atoms with Crippen LogP contribution in [-0.2, 0) is 11.2 Å². The molecule has 0 fully saturated rings. The van der Waals surface area contributed by atoms with Crippen LogP contribution in [0.25, 0.3) is 0 Å². The predicted molar refractivity (Wildman–Crippen MR) is 76.1 cm³/mol. The lowest BCUT2D eigenvalue weighted by Crippen LogP contribution is -2.42. The van der Waals surface area contributed by atoms with Gasteiger partial charge in [0.2, 0.25) is 0 Å². The van der Waals surface area contributed by atoms with Crippen molar-refractivity contribution in [3.8, 4) is 0 Å². The highest BCUT2D eigenvalue weighted by Crippen LogP contribution is 2.06. The minimum atomic E-state index is -1.12. The Morgan fingerprint density at radius 1 is 1.24 bits per heavy atom. The van der Waals surface area contributed by atoms with Gasteiger partial charge in [0, 0.05) is 6.42 Å². The molecule has 2 aromatic rings. The maximum Gasteiger partial charge on any atom is 0.326 e. The first-order chi connectivity index (χ1) is 10.1. The van der Waals surface area contributed by atoms with E-state index in [0.29, 0.717) is 0 Å². The van der Waals surface area contributed by atoms with E-state index < -0.39 is 17.9 Å². The number of carboxylic acid groups (broad SMARTS) is 1. The van der Waals surface area contributed by atoms with Crippen LogP contribution in [0.3, 0.4) is 0 Å². The second-order valence-electron chi connectivity index (χ2n) is 4.28. The van der Waals surface area contributed by atoms with Crippen LogP contribution in [0.1, 0.15) is 16.1 Å². The number of nitrogens with zero attached hydrogens (tertiary/aromatic N) is 2. The number of rotatable bonds is 5. The Labute approximate surface area is 125 Å². The van der Waals surface area contributed by atoms with E-state index >= 15 is 0 Å². The summed E-state index contributed by atoms with van der Waals surface area (Å²) in [6, 6.07) is 7.97. The zero-order valence-electron chi connectivity index (χ0n) is 10.9. The van der Waals surface area contributed by atoms with E-state index in [9.17, 15) is 14.7 Å². The fraction of sp³-hybridized carbons (Fsp3) is 0.143. The molecule has 0 unspecified atom stereocenters. The Balaban J connectivity index is 2.10. The molecule has 0 bridgehead atoms. The van der Waals surface area contributed by atoms with Crippen LogP contribution in [0.4, 0.5) is 0 Å². The summed E-state index contributed by atoms with van der Waals surface area (Å²) in [5, 5.41) is 11.7. The molecular weight excluding hydrogens is 294 g/mol. The number of hydrogen-bond acceptors (Lipinski definition) is 4. The third-order valence-electron chi connectivity index (χ3n) is 2.72. The molecule has 1 heterocycles. The monoisotopic (exact) mass is 305 g/mol. The van der Waals surface area contributed by atoms with Gasteiger partial charge in [0.1, 0.15) is 16.9 Å². The molecule has 1 aromatic carbocycles. The number of aliphatic carboxylic acids is 1. The summed E-state index contributed by atoms with van der Waals surface area (Å²) >= 11 is 5.65. The molecule has 0 aliphatic heterocycles. The van der Waals surface area contributed by atoms with Gasteiger partial charge in [-0.3, -0.25) is 9.78 Å². The molecule has 2 N–H and O–H groups in total. The lowest BCUT2D eigenvalue weighted by Gasteiger charge is -2.14. The third kappa shape index (κ3) is 4.25. The summed E-state index contributed by atoms with van der Waals surface area (Å²) in [5.41, 5.74) is 0.782. The second-order valence-corrected chi connectivity index (χ2v) is 4.67. The number of benzene rings is 1. The highest BCUT2D eigenvalue weighted by molar-refractivity contribution is 6.29. The number of carbonyl (C=O) groups excluding carboxylic acids is 1. The number of nitrogens with one attached hydrogen (secondary N) is 1. The lowest BCUT2D eigenvalue weighted by atomic mass is 10.1. The molecule has 108 valence electrons. The molecule has 0 spiro atoms. The Morgan fingerprint density at radius 2 is 1.95 bits per heavy atom. The number of aromatic nitrogens is 2. The molecular formula is C14H12ClN3O3. The molecule has 0 saturated carbocycles. The zero-order chi connectivity index (χ0) is 15.2. The molecule has 7 heteroatoms. The molecule has 2 rings (SSSR count). The minimum Gasteiger partial charge on any atom is -0.480 e. The van der Waals surface area contributed by atoms with E-state index in [4.69, 9.17) is 11.6 Å². The van der Waals surface area contributed by atoms with Gasteiger partial charge >= 0.3 is 5.97 Å². The Hall–Kier alpha value is -2.47. The van der Waals surface area contributed by atoms with Crippen molar-refractivity contribution in [3.05, 3.63) is 59.1 Å². The van der Waals surface area contributed by atoms with E-state index in [1.165, 1.54) is 12.4 Å². The van der Waals surface area contributed by atoms with Gasteiger partial charge in [-0.25, -0.2) is 9.78 Å². The van der Waals surface area contributed by atoms with Gasteiger partial charge in [0.25, 0.3) is 5.91 Å². The number of carboxylic acids is 1. The normalized spacial score (nSPS) is 11.7. The van der Waals surface area contributed by atoms with Crippen molar-refractivity contribution >= 4 is 23.5 Å². The van der Waals surface area contributed by atoms with E-state index in [0.717, 1.165) is 5.56 Å². The van der Waals surface area contributed by atoms with Crippen molar-refractivity contribution < 1.29 is 14.7 Å². The van der Waals surface area contributed by atoms with E-state index in [2.05, 4.69) is 15.3 Å². The van der Waals surface area contributed by atoms with E-state index in [1.807, 2.05) is 6.07 Å². The molecule has 6 nitrogen and oxygen atoms in total. The smallest absolute Gasteiger partial charge is 0.326 e. The summed E-state index contributed by atoms with van der Waals surface area (Å²) in [6.45, 7) is 0. The Kier molecular flexibility index (Phi) is 4.84. The molecule has 0 radical (unpaired) electrons. The van der Waals surface area contributed by atoms with Crippen molar-refractivity contribution in [1.82, 2.24) is 15.3 Å². The highest BCUT2D eigenvalue weighted by atomic mass is 35.5. The van der Waals surface area contributed by atoms with Crippen LogP contribution in [0.2, 0.25) is 5.15 Å². The average molecular weight is 306 g/mol. The van der Waals surface area contributed by atoms with Crippen molar-refractivity contribution in [3.63, 3.8) is 0 Å². The molecule has 1 amide bonds. The van der Waals surface area contributed by atoms with Crippen LogP contribution in [0.15, 0.2) is 42.7 Å². The van der Waals surface area contributed by atoms with Gasteiger partial charge < -0.3 is 10.4 Å². The summed E-state index contributed by atoms with van der Waals surface area (Å²) < 4.78 is 0. The lowest BCUT2D eigenvalue weighted by molar-refractivity contribution is -0.139. The molecule has 1 aromatic heterocycles. The quantitative estimate of drug-likeness (QED) is 0.874. The summed E-state index contributed by atoms with van der Waals surface area (Å²) in [5.74, 6) is -1.75. The minimum absolute atomic E-state index is 0.0261. The summed E-state index contributed by atoms with van der Waals surface area (Å²) in [4.78, 5) is 30.8. The van der Waals surface area contributed by atoms with Gasteiger partial charge in [0.15, 0.2) is 0 Å². The standard InChI is InChI=1S/C14H12ClN3O3/c15-12-8-16-7-11(17-12)13(19)18-10(14(20)21)6-9-4-2-1-3-5-9/h1-5,7-8,10H,6H2,(H,18,19)(H,20,21)/t10-/m1/s1. The predicted octanol–water partition coefficient (Wildman–Crippen LogP) is 1.56. The van der Waals surface area contributed by atoms with E-state index in [1.54, 1.807) is 24.3 Å². The van der Waals surface area contributed by atoms with Crippen molar-refractivity contribution in [1.29, 1.82) is 0 Å². The average Bonchev–Trinajstić information content (AvgIpc) is 2.47. The van der Waals surface area contributed by atoms with Crippen LogP contribution < -0.4 is 5.32 Å². The van der Waals surface area contributed by atoms with Gasteiger partial charge in [-0.1, -0.05) is 41.9 Å². The van der Waals surface area contributed by atoms with Crippen LogP contribution in [0, 0.1) is 0 Å². The maximum absolute atomic E-state index is 12.0. The van der Waals surface area contributed by atoms with Crippen LogP contribution in [-0.4, -0.2) is 33.0 Å². The molecule has 1 atom stereocenters. The largest absolute Gasteiger partial charge is 0.480 e. The Bertz CT molecular complexity index is 649. The first-order valence-electron chi connectivity index (χ1n) is 6.11. The molecule has 21 heavy (non-hydrogen) atoms. The fourth-order valence-corrected chi connectivity index (χ4v) is 1.88. The number of hydrogen-bond donors (Lipinski definition) is 2. The molecule has 0 aliphatic carbocycles. The van der Waals surface area contributed by atoms with E-state index in [-0.39, 0.29) is 17.3 Å². The molecule has 0 saturated heterocycles. The SMILES string of the molecule is O=C(N[C@H](Cc1ccccc1)C(=O)O)c1cncc(Cl)n1. The van der Waals surface area contributed by atoms with Crippen LogP contribution in [0.5, 0.6) is 0 Å². The fourth-order valence-electron chi connectivity index (χ4n) is 1.73. The second kappa shape index (κ2) is 6.81. The van der Waals surface area contributed by atoms with Gasteiger partial charge in [-0.2, -0.15) is 0 Å². The number of halogens is 1. The first kappa shape index (κ1) is 14.9. The van der Waals surface area contributed by atoms with Crippen molar-refractivity contribution in [2.24, 2.45) is 0 Å². The first-order valence-corrected chi connectivity index (χ1v) is 6.49. The summed E-state index contributed by atoms with van der Waals surface area (Å²) in [7, 11) is 0. The topological polar surface area (TPSA) is 92.2 Å². The van der Waals surface area contributed by atoms with Crippen LogP contribution >= 0.6 is 11.6 Å². The van der Waals surface area contributed by atoms with Crippen molar-refractivity contribution in [2.45, 2.75) is 12.5 Å². The molecule has 0 aliphatic rings. The number of carbonyl (C=O) groups is 2. The summed E-state index contributed by atoms with van der Waals surface area (Å²) in [6.07, 6.45) is 2.69. The van der Waals surface area contributed by atoms with Crippen molar-refractivity contribution in [2.75, 3.05) is 0 Å². The Morgan fingerprint density at radius 3 is 2.57 bits per heavy atom.